The van der Waals surface area contributed by atoms with E-state index in [1.165, 1.54) is 5.56 Å². The lowest BCUT2D eigenvalue weighted by molar-refractivity contribution is 0.0642. The summed E-state index contributed by atoms with van der Waals surface area (Å²) in [4.78, 5) is 15.1. The topological polar surface area (TPSA) is 32.3 Å². The van der Waals surface area contributed by atoms with Gasteiger partial charge in [-0.1, -0.05) is 49.4 Å². The van der Waals surface area contributed by atoms with Crippen LogP contribution in [0.25, 0.3) is 11.1 Å². The van der Waals surface area contributed by atoms with Crippen LogP contribution in [0.15, 0.2) is 54.6 Å². The zero-order chi connectivity index (χ0) is 16.8. The molecule has 1 amide bonds. The average molecular weight is 322 g/mol. The molecule has 2 aromatic rings. The lowest BCUT2D eigenvalue weighted by Gasteiger charge is -2.34. The van der Waals surface area contributed by atoms with Gasteiger partial charge < -0.3 is 10.2 Å². The molecule has 1 saturated heterocycles. The standard InChI is InChI=1S/C21H26N2O/c1-2-16-23(20-12-14-22-15-13-20)21(24)19-10-8-18(9-11-19)17-6-4-3-5-7-17/h3-11,20,22H,2,12-16H2,1H3. The number of nitrogens with one attached hydrogen (secondary N) is 1. The maximum Gasteiger partial charge on any atom is 0.254 e. The van der Waals surface area contributed by atoms with Crippen molar-refractivity contribution in [3.05, 3.63) is 60.2 Å². The Morgan fingerprint density at radius 2 is 1.62 bits per heavy atom. The quantitative estimate of drug-likeness (QED) is 0.904. The fourth-order valence-electron chi connectivity index (χ4n) is 3.41. The van der Waals surface area contributed by atoms with Gasteiger partial charge in [0.15, 0.2) is 0 Å². The molecule has 0 aliphatic carbocycles. The molecule has 3 rings (SSSR count). The van der Waals surface area contributed by atoms with Crippen LogP contribution in [-0.4, -0.2) is 36.5 Å². The van der Waals surface area contributed by atoms with Crippen molar-refractivity contribution in [2.24, 2.45) is 0 Å². The van der Waals surface area contributed by atoms with Crippen LogP contribution in [0.4, 0.5) is 0 Å². The van der Waals surface area contributed by atoms with Crippen molar-refractivity contribution in [3.63, 3.8) is 0 Å². The van der Waals surface area contributed by atoms with Gasteiger partial charge in [-0.2, -0.15) is 0 Å². The molecule has 1 fully saturated rings. The smallest absolute Gasteiger partial charge is 0.254 e. The molecule has 3 nitrogen and oxygen atoms in total. The van der Waals surface area contributed by atoms with E-state index in [1.807, 2.05) is 30.3 Å². The zero-order valence-electron chi connectivity index (χ0n) is 14.4. The van der Waals surface area contributed by atoms with Crippen molar-refractivity contribution in [1.82, 2.24) is 10.2 Å². The molecule has 0 bridgehead atoms. The summed E-state index contributed by atoms with van der Waals surface area (Å²) in [6.45, 7) is 4.99. The van der Waals surface area contributed by atoms with E-state index in [1.54, 1.807) is 0 Å². The Kier molecular flexibility index (Phi) is 5.65. The summed E-state index contributed by atoms with van der Waals surface area (Å²) in [6, 6.07) is 18.7. The van der Waals surface area contributed by atoms with E-state index in [9.17, 15) is 4.79 Å². The van der Waals surface area contributed by atoms with Gasteiger partial charge in [-0.3, -0.25) is 4.79 Å². The van der Waals surface area contributed by atoms with Crippen molar-refractivity contribution in [3.8, 4) is 11.1 Å². The summed E-state index contributed by atoms with van der Waals surface area (Å²) in [5, 5.41) is 3.38. The monoisotopic (exact) mass is 322 g/mol. The second-order valence-electron chi connectivity index (χ2n) is 6.42. The fraction of sp³-hybridized carbons (Fsp3) is 0.381. The Bertz CT molecular complexity index is 645. The Morgan fingerprint density at radius 3 is 2.25 bits per heavy atom. The molecular formula is C21H26N2O. The summed E-state index contributed by atoms with van der Waals surface area (Å²) < 4.78 is 0. The number of nitrogens with zero attached hydrogens (tertiary/aromatic N) is 1. The molecular weight excluding hydrogens is 296 g/mol. The number of carbonyl (C=O) groups is 1. The third-order valence-electron chi connectivity index (χ3n) is 4.71. The highest BCUT2D eigenvalue weighted by atomic mass is 16.2. The minimum absolute atomic E-state index is 0.170. The third kappa shape index (κ3) is 3.85. The van der Waals surface area contributed by atoms with Gasteiger partial charge in [0.05, 0.1) is 0 Å². The normalized spacial score (nSPS) is 15.2. The Labute approximate surface area is 144 Å². The molecule has 1 aliphatic rings. The first-order valence-corrected chi connectivity index (χ1v) is 8.96. The number of hydrogen-bond acceptors (Lipinski definition) is 2. The fourth-order valence-corrected chi connectivity index (χ4v) is 3.41. The van der Waals surface area contributed by atoms with Gasteiger partial charge in [-0.05, 0) is 55.6 Å². The van der Waals surface area contributed by atoms with Gasteiger partial charge >= 0.3 is 0 Å². The first kappa shape index (κ1) is 16.7. The molecule has 0 spiro atoms. The number of hydrogen-bond donors (Lipinski definition) is 1. The summed E-state index contributed by atoms with van der Waals surface area (Å²) in [6.07, 6.45) is 3.10. The van der Waals surface area contributed by atoms with Crippen molar-refractivity contribution >= 4 is 5.91 Å². The maximum absolute atomic E-state index is 13.0. The molecule has 1 heterocycles. The van der Waals surface area contributed by atoms with Gasteiger partial charge in [0.25, 0.3) is 5.91 Å². The van der Waals surface area contributed by atoms with Crippen molar-refractivity contribution in [1.29, 1.82) is 0 Å². The lowest BCUT2D eigenvalue weighted by Crippen LogP contribution is -2.46. The van der Waals surface area contributed by atoms with E-state index in [0.717, 1.165) is 50.0 Å². The molecule has 1 N–H and O–H groups in total. The van der Waals surface area contributed by atoms with E-state index >= 15 is 0 Å². The van der Waals surface area contributed by atoms with Crippen molar-refractivity contribution in [2.75, 3.05) is 19.6 Å². The minimum atomic E-state index is 0.170. The van der Waals surface area contributed by atoms with Crippen molar-refractivity contribution in [2.45, 2.75) is 32.2 Å². The van der Waals surface area contributed by atoms with E-state index < -0.39 is 0 Å². The van der Waals surface area contributed by atoms with Crippen LogP contribution < -0.4 is 5.32 Å². The first-order valence-electron chi connectivity index (χ1n) is 8.96. The highest BCUT2D eigenvalue weighted by Gasteiger charge is 2.25. The van der Waals surface area contributed by atoms with Crippen LogP contribution in [0.3, 0.4) is 0 Å². The van der Waals surface area contributed by atoms with Gasteiger partial charge in [-0.25, -0.2) is 0 Å². The van der Waals surface area contributed by atoms with E-state index in [2.05, 4.69) is 41.4 Å². The van der Waals surface area contributed by atoms with Crippen LogP contribution in [0.5, 0.6) is 0 Å². The van der Waals surface area contributed by atoms with Crippen LogP contribution in [-0.2, 0) is 0 Å². The minimum Gasteiger partial charge on any atom is -0.336 e. The average Bonchev–Trinajstić information content (AvgIpc) is 2.67. The predicted octanol–water partition coefficient (Wildman–Crippen LogP) is 3.96. The molecule has 2 aromatic carbocycles. The second kappa shape index (κ2) is 8.11. The van der Waals surface area contributed by atoms with E-state index in [0.29, 0.717) is 6.04 Å². The summed E-state index contributed by atoms with van der Waals surface area (Å²) in [5.74, 6) is 0.170. The molecule has 0 aromatic heterocycles. The van der Waals surface area contributed by atoms with Crippen LogP contribution >= 0.6 is 0 Å². The molecule has 1 aliphatic heterocycles. The molecule has 0 saturated carbocycles. The van der Waals surface area contributed by atoms with Gasteiger partial charge in [0.2, 0.25) is 0 Å². The van der Waals surface area contributed by atoms with Gasteiger partial charge in [-0.15, -0.1) is 0 Å². The number of benzene rings is 2. The SMILES string of the molecule is CCCN(C(=O)c1ccc(-c2ccccc2)cc1)C1CCNCC1. The Morgan fingerprint density at radius 1 is 1.00 bits per heavy atom. The maximum atomic E-state index is 13.0. The predicted molar refractivity (Wildman–Crippen MR) is 99.1 cm³/mol. The third-order valence-corrected chi connectivity index (χ3v) is 4.71. The van der Waals surface area contributed by atoms with Crippen molar-refractivity contribution < 1.29 is 4.79 Å². The second-order valence-corrected chi connectivity index (χ2v) is 6.42. The summed E-state index contributed by atoms with van der Waals surface area (Å²) in [5.41, 5.74) is 3.12. The van der Waals surface area contributed by atoms with Crippen LogP contribution in [0.1, 0.15) is 36.5 Å². The summed E-state index contributed by atoms with van der Waals surface area (Å²) >= 11 is 0. The lowest BCUT2D eigenvalue weighted by atomic mass is 10.0. The zero-order valence-corrected chi connectivity index (χ0v) is 14.4. The number of rotatable bonds is 5. The number of carbonyl (C=O) groups excluding carboxylic acids is 1. The highest BCUT2D eigenvalue weighted by molar-refractivity contribution is 5.95. The molecule has 0 unspecified atom stereocenters. The summed E-state index contributed by atoms with van der Waals surface area (Å²) in [7, 11) is 0. The molecule has 126 valence electrons. The molecule has 0 atom stereocenters. The molecule has 24 heavy (non-hydrogen) atoms. The number of piperidine rings is 1. The van der Waals surface area contributed by atoms with E-state index in [4.69, 9.17) is 0 Å². The first-order chi connectivity index (χ1) is 11.8. The van der Waals surface area contributed by atoms with Crippen LogP contribution in [0, 0.1) is 0 Å². The Balaban J connectivity index is 1.77. The van der Waals surface area contributed by atoms with Gasteiger partial charge in [0, 0.05) is 18.2 Å². The van der Waals surface area contributed by atoms with Crippen LogP contribution in [0.2, 0.25) is 0 Å². The highest BCUT2D eigenvalue weighted by Crippen LogP contribution is 2.21. The molecule has 0 radical (unpaired) electrons. The molecule has 3 heteroatoms. The van der Waals surface area contributed by atoms with Gasteiger partial charge in [0.1, 0.15) is 0 Å². The number of amides is 1. The largest absolute Gasteiger partial charge is 0.336 e. The van der Waals surface area contributed by atoms with E-state index in [-0.39, 0.29) is 5.91 Å². The Hall–Kier alpha value is -2.13.